The maximum atomic E-state index is 12.7. The molecular formula is C18H26ClN3O2. The van der Waals surface area contributed by atoms with E-state index >= 15 is 0 Å². The van der Waals surface area contributed by atoms with Crippen LogP contribution in [0.1, 0.15) is 36.2 Å². The minimum atomic E-state index is 0. The molecule has 1 aromatic rings. The molecule has 1 N–H and O–H groups in total. The number of nitrogens with one attached hydrogen (secondary N) is 1. The molecular weight excluding hydrogens is 326 g/mol. The molecule has 2 heterocycles. The van der Waals surface area contributed by atoms with Crippen LogP contribution in [0, 0.1) is 5.92 Å². The highest BCUT2D eigenvalue weighted by Crippen LogP contribution is 2.24. The zero-order chi connectivity index (χ0) is 16.4. The summed E-state index contributed by atoms with van der Waals surface area (Å²) in [5.41, 5.74) is 2.64. The molecule has 24 heavy (non-hydrogen) atoms. The first-order valence-corrected chi connectivity index (χ1v) is 8.47. The lowest BCUT2D eigenvalue weighted by atomic mass is 10.00. The molecule has 1 saturated heterocycles. The molecule has 1 fully saturated rings. The van der Waals surface area contributed by atoms with Crippen molar-refractivity contribution in [3.8, 4) is 0 Å². The number of hydrogen-bond acceptors (Lipinski definition) is 3. The third-order valence-corrected chi connectivity index (χ3v) is 4.53. The number of anilines is 1. The van der Waals surface area contributed by atoms with Crippen LogP contribution in [0.4, 0.5) is 5.69 Å². The molecule has 0 radical (unpaired) electrons. The van der Waals surface area contributed by atoms with Gasteiger partial charge in [-0.3, -0.25) is 14.5 Å². The van der Waals surface area contributed by atoms with E-state index in [1.165, 1.54) is 0 Å². The van der Waals surface area contributed by atoms with Crippen molar-refractivity contribution in [3.63, 3.8) is 0 Å². The molecule has 6 heteroatoms. The maximum absolute atomic E-state index is 12.7. The summed E-state index contributed by atoms with van der Waals surface area (Å²) in [6, 6.07) is 5.62. The van der Waals surface area contributed by atoms with Gasteiger partial charge in [0.05, 0.1) is 0 Å². The van der Waals surface area contributed by atoms with Crippen LogP contribution < -0.4 is 5.32 Å². The van der Waals surface area contributed by atoms with Crippen LogP contribution in [-0.2, 0) is 11.2 Å². The van der Waals surface area contributed by atoms with Crippen LogP contribution in [0.25, 0.3) is 0 Å². The monoisotopic (exact) mass is 351 g/mol. The summed E-state index contributed by atoms with van der Waals surface area (Å²) in [6.45, 7) is 9.03. The van der Waals surface area contributed by atoms with Crippen molar-refractivity contribution < 1.29 is 9.59 Å². The first-order valence-electron chi connectivity index (χ1n) is 8.47. The second kappa shape index (κ2) is 7.99. The van der Waals surface area contributed by atoms with Gasteiger partial charge in [0.1, 0.15) is 0 Å². The Morgan fingerprint density at radius 3 is 2.54 bits per heavy atom. The van der Waals surface area contributed by atoms with Crippen molar-refractivity contribution in [2.24, 2.45) is 5.92 Å². The second-order valence-corrected chi connectivity index (χ2v) is 6.91. The summed E-state index contributed by atoms with van der Waals surface area (Å²) >= 11 is 0. The average Bonchev–Trinajstić information content (AvgIpc) is 2.54. The van der Waals surface area contributed by atoms with E-state index in [-0.39, 0.29) is 24.2 Å². The number of piperazine rings is 1. The number of nitrogens with zero attached hydrogens (tertiary/aromatic N) is 2. The normalized spacial score (nSPS) is 18.0. The molecule has 1 aromatic carbocycles. The molecule has 0 unspecified atom stereocenters. The highest BCUT2D eigenvalue weighted by molar-refractivity contribution is 5.98. The summed E-state index contributed by atoms with van der Waals surface area (Å²) in [5, 5.41) is 2.86. The number of aryl methyl sites for hydroxylation is 1. The fourth-order valence-corrected chi connectivity index (χ4v) is 3.35. The van der Waals surface area contributed by atoms with Crippen molar-refractivity contribution in [2.45, 2.75) is 26.7 Å². The third kappa shape index (κ3) is 4.28. The van der Waals surface area contributed by atoms with Crippen LogP contribution in [0.15, 0.2) is 18.2 Å². The number of rotatable bonds is 3. The zero-order valence-electron chi connectivity index (χ0n) is 14.4. The molecule has 0 atom stereocenters. The number of hydrogen-bond donors (Lipinski definition) is 1. The molecule has 0 bridgehead atoms. The molecule has 0 aliphatic carbocycles. The Labute approximate surface area is 149 Å². The summed E-state index contributed by atoms with van der Waals surface area (Å²) in [7, 11) is 0. The number of carbonyl (C=O) groups is 2. The number of amides is 2. The van der Waals surface area contributed by atoms with E-state index in [1.54, 1.807) is 0 Å². The summed E-state index contributed by atoms with van der Waals surface area (Å²) in [6.07, 6.45) is 1.21. The molecule has 0 saturated carbocycles. The molecule has 2 aliphatic heterocycles. The highest BCUT2D eigenvalue weighted by atomic mass is 35.5. The van der Waals surface area contributed by atoms with Crippen LogP contribution in [0.3, 0.4) is 0 Å². The van der Waals surface area contributed by atoms with Gasteiger partial charge in [-0.2, -0.15) is 0 Å². The number of fused-ring (bicyclic) bond motifs is 1. The van der Waals surface area contributed by atoms with Crippen molar-refractivity contribution in [1.82, 2.24) is 9.80 Å². The van der Waals surface area contributed by atoms with E-state index in [1.807, 2.05) is 23.1 Å². The smallest absolute Gasteiger partial charge is 0.253 e. The van der Waals surface area contributed by atoms with Gasteiger partial charge in [-0.05, 0) is 36.1 Å². The Balaban J connectivity index is 0.00000208. The number of halogens is 1. The van der Waals surface area contributed by atoms with Gasteiger partial charge in [0.2, 0.25) is 5.91 Å². The molecule has 2 aliphatic rings. The maximum Gasteiger partial charge on any atom is 0.253 e. The van der Waals surface area contributed by atoms with Crippen molar-refractivity contribution in [1.29, 1.82) is 0 Å². The largest absolute Gasteiger partial charge is 0.336 e. The molecule has 132 valence electrons. The van der Waals surface area contributed by atoms with E-state index in [4.69, 9.17) is 0 Å². The van der Waals surface area contributed by atoms with Gasteiger partial charge in [-0.1, -0.05) is 13.8 Å². The van der Waals surface area contributed by atoms with E-state index in [9.17, 15) is 9.59 Å². The van der Waals surface area contributed by atoms with Gasteiger partial charge in [0.15, 0.2) is 0 Å². The quantitative estimate of drug-likeness (QED) is 0.909. The first kappa shape index (κ1) is 18.7. The van der Waals surface area contributed by atoms with Gasteiger partial charge in [0, 0.05) is 50.4 Å². The minimum Gasteiger partial charge on any atom is -0.336 e. The standard InChI is InChI=1S/C18H25N3O2.ClH/c1-13(2)12-20-7-9-21(10-8-20)18(23)15-3-5-16-14(11-15)4-6-17(22)19-16;/h3,5,11,13H,4,6-10,12H2,1-2H3,(H,19,22);1H. The topological polar surface area (TPSA) is 52.7 Å². The van der Waals surface area contributed by atoms with E-state index in [2.05, 4.69) is 24.1 Å². The van der Waals surface area contributed by atoms with E-state index in [0.717, 1.165) is 49.5 Å². The molecule has 0 aromatic heterocycles. The van der Waals surface area contributed by atoms with E-state index in [0.29, 0.717) is 18.8 Å². The lowest BCUT2D eigenvalue weighted by Crippen LogP contribution is -2.49. The van der Waals surface area contributed by atoms with Crippen molar-refractivity contribution in [2.75, 3.05) is 38.0 Å². The predicted octanol–water partition coefficient (Wildman–Crippen LogP) is 2.41. The molecule has 3 rings (SSSR count). The van der Waals surface area contributed by atoms with Crippen LogP contribution >= 0.6 is 12.4 Å². The number of carbonyl (C=O) groups excluding carboxylic acids is 2. The SMILES string of the molecule is CC(C)CN1CCN(C(=O)c2ccc3c(c2)CCC(=O)N3)CC1.Cl. The minimum absolute atomic E-state index is 0. The Morgan fingerprint density at radius 2 is 1.88 bits per heavy atom. The molecule has 2 amide bonds. The van der Waals surface area contributed by atoms with Gasteiger partial charge >= 0.3 is 0 Å². The number of benzene rings is 1. The van der Waals surface area contributed by atoms with Crippen molar-refractivity contribution in [3.05, 3.63) is 29.3 Å². The highest BCUT2D eigenvalue weighted by Gasteiger charge is 2.23. The Morgan fingerprint density at radius 1 is 1.17 bits per heavy atom. The Kier molecular flexibility index (Phi) is 6.24. The fourth-order valence-electron chi connectivity index (χ4n) is 3.35. The average molecular weight is 352 g/mol. The van der Waals surface area contributed by atoms with Crippen LogP contribution in [-0.4, -0.2) is 54.3 Å². The summed E-state index contributed by atoms with van der Waals surface area (Å²) in [5.74, 6) is 0.819. The van der Waals surface area contributed by atoms with Crippen LogP contribution in [0.5, 0.6) is 0 Å². The van der Waals surface area contributed by atoms with E-state index < -0.39 is 0 Å². The van der Waals surface area contributed by atoms with Crippen LogP contribution in [0.2, 0.25) is 0 Å². The van der Waals surface area contributed by atoms with Gasteiger partial charge in [-0.15, -0.1) is 12.4 Å². The lowest BCUT2D eigenvalue weighted by Gasteiger charge is -2.35. The third-order valence-electron chi connectivity index (χ3n) is 4.53. The Bertz CT molecular complexity index is 610. The lowest BCUT2D eigenvalue weighted by molar-refractivity contribution is -0.116. The summed E-state index contributed by atoms with van der Waals surface area (Å²) < 4.78 is 0. The van der Waals surface area contributed by atoms with Gasteiger partial charge in [0.25, 0.3) is 5.91 Å². The summed E-state index contributed by atoms with van der Waals surface area (Å²) in [4.78, 5) is 28.5. The first-order chi connectivity index (χ1) is 11.0. The molecule has 0 spiro atoms. The predicted molar refractivity (Wildman–Crippen MR) is 97.8 cm³/mol. The zero-order valence-corrected chi connectivity index (χ0v) is 15.2. The van der Waals surface area contributed by atoms with Gasteiger partial charge in [-0.25, -0.2) is 0 Å². The Hall–Kier alpha value is -1.59. The van der Waals surface area contributed by atoms with Gasteiger partial charge < -0.3 is 10.2 Å². The second-order valence-electron chi connectivity index (χ2n) is 6.91. The molecule has 5 nitrogen and oxygen atoms in total. The fraction of sp³-hybridized carbons (Fsp3) is 0.556. The van der Waals surface area contributed by atoms with Crippen molar-refractivity contribution >= 4 is 29.9 Å².